The standard InChI is InChI=1S/C13H8ClNS/c14-12-8-16-13(15-12)11-7-3-5-9-4-1-2-6-10(9)11/h1-8H. The van der Waals surface area contributed by atoms with E-state index in [1.54, 1.807) is 11.3 Å². The average Bonchev–Trinajstić information content (AvgIpc) is 2.75. The molecule has 0 N–H and O–H groups in total. The normalized spacial score (nSPS) is 10.8. The van der Waals surface area contributed by atoms with Gasteiger partial charge in [-0.1, -0.05) is 54.1 Å². The van der Waals surface area contributed by atoms with Crippen LogP contribution in [0, 0.1) is 0 Å². The first-order chi connectivity index (χ1) is 7.84. The van der Waals surface area contributed by atoms with E-state index in [1.165, 1.54) is 10.8 Å². The number of aromatic nitrogens is 1. The summed E-state index contributed by atoms with van der Waals surface area (Å²) in [6, 6.07) is 14.5. The van der Waals surface area contributed by atoms with Crippen LogP contribution in [0.1, 0.15) is 0 Å². The van der Waals surface area contributed by atoms with Crippen molar-refractivity contribution in [2.24, 2.45) is 0 Å². The number of hydrogen-bond acceptors (Lipinski definition) is 2. The van der Waals surface area contributed by atoms with E-state index >= 15 is 0 Å². The molecule has 0 amide bonds. The van der Waals surface area contributed by atoms with Crippen molar-refractivity contribution in [3.8, 4) is 10.6 Å². The molecule has 3 aromatic rings. The van der Waals surface area contributed by atoms with Crippen LogP contribution in [0.3, 0.4) is 0 Å². The maximum absolute atomic E-state index is 5.86. The van der Waals surface area contributed by atoms with Crippen molar-refractivity contribution in [2.75, 3.05) is 0 Å². The van der Waals surface area contributed by atoms with E-state index in [0.29, 0.717) is 5.15 Å². The Morgan fingerprint density at radius 3 is 2.62 bits per heavy atom. The van der Waals surface area contributed by atoms with Gasteiger partial charge in [0.1, 0.15) is 10.2 Å². The molecule has 0 atom stereocenters. The topological polar surface area (TPSA) is 12.9 Å². The Morgan fingerprint density at radius 2 is 1.81 bits per heavy atom. The monoisotopic (exact) mass is 245 g/mol. The lowest BCUT2D eigenvalue weighted by Gasteiger charge is -2.02. The number of halogens is 1. The molecule has 0 fully saturated rings. The van der Waals surface area contributed by atoms with Crippen LogP contribution < -0.4 is 0 Å². The maximum Gasteiger partial charge on any atom is 0.140 e. The van der Waals surface area contributed by atoms with Crippen molar-refractivity contribution in [3.05, 3.63) is 53.0 Å². The first-order valence-corrected chi connectivity index (χ1v) is 6.19. The summed E-state index contributed by atoms with van der Waals surface area (Å²) in [6.45, 7) is 0. The van der Waals surface area contributed by atoms with Gasteiger partial charge in [0, 0.05) is 10.9 Å². The summed E-state index contributed by atoms with van der Waals surface area (Å²) >= 11 is 7.44. The first kappa shape index (κ1) is 9.82. The van der Waals surface area contributed by atoms with Crippen LogP contribution in [0.2, 0.25) is 5.15 Å². The Kier molecular flexibility index (Phi) is 2.39. The van der Waals surface area contributed by atoms with Gasteiger partial charge in [0.15, 0.2) is 0 Å². The molecule has 0 aliphatic heterocycles. The molecule has 2 aromatic carbocycles. The molecule has 78 valence electrons. The van der Waals surface area contributed by atoms with Gasteiger partial charge in [-0.05, 0) is 10.8 Å². The molecule has 0 radical (unpaired) electrons. The number of rotatable bonds is 1. The molecule has 0 aliphatic rings. The number of thiazole rings is 1. The summed E-state index contributed by atoms with van der Waals surface area (Å²) < 4.78 is 0. The van der Waals surface area contributed by atoms with E-state index in [0.717, 1.165) is 10.6 Å². The maximum atomic E-state index is 5.86. The highest BCUT2D eigenvalue weighted by molar-refractivity contribution is 7.13. The van der Waals surface area contributed by atoms with Crippen molar-refractivity contribution in [1.82, 2.24) is 4.98 Å². The van der Waals surface area contributed by atoms with Gasteiger partial charge >= 0.3 is 0 Å². The van der Waals surface area contributed by atoms with Crippen molar-refractivity contribution < 1.29 is 0 Å². The lowest BCUT2D eigenvalue weighted by atomic mass is 10.1. The molecular formula is C13H8ClNS. The molecule has 1 aromatic heterocycles. The first-order valence-electron chi connectivity index (χ1n) is 4.94. The summed E-state index contributed by atoms with van der Waals surface area (Å²) in [5, 5.41) is 5.84. The molecular weight excluding hydrogens is 238 g/mol. The van der Waals surface area contributed by atoms with Gasteiger partial charge in [0.05, 0.1) is 0 Å². The minimum atomic E-state index is 0.563. The Morgan fingerprint density at radius 1 is 1.00 bits per heavy atom. The Balaban J connectivity index is 2.31. The minimum Gasteiger partial charge on any atom is -0.224 e. The second-order valence-corrected chi connectivity index (χ2v) is 4.75. The number of benzene rings is 2. The highest BCUT2D eigenvalue weighted by Crippen LogP contribution is 2.31. The van der Waals surface area contributed by atoms with Crippen LogP contribution in [-0.4, -0.2) is 4.98 Å². The molecule has 1 nitrogen and oxygen atoms in total. The molecule has 0 unspecified atom stereocenters. The fraction of sp³-hybridized carbons (Fsp3) is 0. The third kappa shape index (κ3) is 1.60. The van der Waals surface area contributed by atoms with Gasteiger partial charge in [-0.25, -0.2) is 4.98 Å². The van der Waals surface area contributed by atoms with E-state index in [1.807, 2.05) is 23.6 Å². The van der Waals surface area contributed by atoms with Crippen molar-refractivity contribution in [2.45, 2.75) is 0 Å². The van der Waals surface area contributed by atoms with Gasteiger partial charge in [0.2, 0.25) is 0 Å². The van der Waals surface area contributed by atoms with Crippen LogP contribution >= 0.6 is 22.9 Å². The SMILES string of the molecule is Clc1csc(-c2cccc3ccccc23)n1. The highest BCUT2D eigenvalue weighted by atomic mass is 35.5. The smallest absolute Gasteiger partial charge is 0.140 e. The molecule has 0 saturated heterocycles. The highest BCUT2D eigenvalue weighted by Gasteiger charge is 2.06. The van der Waals surface area contributed by atoms with Gasteiger partial charge < -0.3 is 0 Å². The van der Waals surface area contributed by atoms with E-state index < -0.39 is 0 Å². The van der Waals surface area contributed by atoms with Crippen molar-refractivity contribution in [1.29, 1.82) is 0 Å². The van der Waals surface area contributed by atoms with E-state index in [2.05, 4.69) is 29.2 Å². The van der Waals surface area contributed by atoms with Crippen LogP contribution in [0.5, 0.6) is 0 Å². The second-order valence-electron chi connectivity index (χ2n) is 3.50. The van der Waals surface area contributed by atoms with E-state index in [4.69, 9.17) is 11.6 Å². The van der Waals surface area contributed by atoms with Gasteiger partial charge in [0.25, 0.3) is 0 Å². The van der Waals surface area contributed by atoms with Crippen molar-refractivity contribution >= 4 is 33.7 Å². The summed E-state index contributed by atoms with van der Waals surface area (Å²) in [5.41, 5.74) is 1.15. The number of hydrogen-bond donors (Lipinski definition) is 0. The summed E-state index contributed by atoms with van der Waals surface area (Å²) in [5.74, 6) is 0. The van der Waals surface area contributed by atoms with Crippen LogP contribution in [0.4, 0.5) is 0 Å². The molecule has 16 heavy (non-hydrogen) atoms. The minimum absolute atomic E-state index is 0.563. The zero-order valence-electron chi connectivity index (χ0n) is 8.35. The van der Waals surface area contributed by atoms with Gasteiger partial charge in [-0.2, -0.15) is 0 Å². The lowest BCUT2D eigenvalue weighted by Crippen LogP contribution is -1.79. The van der Waals surface area contributed by atoms with Gasteiger partial charge in [-0.15, -0.1) is 11.3 Å². The quantitative estimate of drug-likeness (QED) is 0.610. The number of fused-ring (bicyclic) bond motifs is 1. The zero-order chi connectivity index (χ0) is 11.0. The second kappa shape index (κ2) is 3.89. The molecule has 3 heteroatoms. The predicted molar refractivity (Wildman–Crippen MR) is 70.1 cm³/mol. The van der Waals surface area contributed by atoms with Crippen LogP contribution in [0.25, 0.3) is 21.3 Å². The third-order valence-electron chi connectivity index (χ3n) is 2.50. The number of nitrogens with zero attached hydrogens (tertiary/aromatic N) is 1. The van der Waals surface area contributed by atoms with E-state index in [-0.39, 0.29) is 0 Å². The molecule has 0 spiro atoms. The fourth-order valence-electron chi connectivity index (χ4n) is 1.79. The summed E-state index contributed by atoms with van der Waals surface area (Å²) in [7, 11) is 0. The Bertz CT molecular complexity index is 640. The average molecular weight is 246 g/mol. The summed E-state index contributed by atoms with van der Waals surface area (Å²) in [4.78, 5) is 4.32. The van der Waals surface area contributed by atoms with E-state index in [9.17, 15) is 0 Å². The van der Waals surface area contributed by atoms with Crippen molar-refractivity contribution in [3.63, 3.8) is 0 Å². The Hall–Kier alpha value is -1.38. The molecule has 1 heterocycles. The molecule has 0 bridgehead atoms. The fourth-order valence-corrected chi connectivity index (χ4v) is 2.78. The largest absolute Gasteiger partial charge is 0.224 e. The zero-order valence-corrected chi connectivity index (χ0v) is 9.92. The summed E-state index contributed by atoms with van der Waals surface area (Å²) in [6.07, 6.45) is 0. The molecule has 0 aliphatic carbocycles. The van der Waals surface area contributed by atoms with Gasteiger partial charge in [-0.3, -0.25) is 0 Å². The van der Waals surface area contributed by atoms with Crippen LogP contribution in [-0.2, 0) is 0 Å². The van der Waals surface area contributed by atoms with Crippen LogP contribution in [0.15, 0.2) is 47.8 Å². The third-order valence-corrected chi connectivity index (χ3v) is 3.69. The molecule has 3 rings (SSSR count). The Labute approximate surface area is 102 Å². The molecule has 0 saturated carbocycles. The lowest BCUT2D eigenvalue weighted by molar-refractivity contribution is 1.42. The predicted octanol–water partition coefficient (Wildman–Crippen LogP) is 4.62.